The Bertz CT molecular complexity index is 588. The van der Waals surface area contributed by atoms with Crippen molar-refractivity contribution in [3.63, 3.8) is 0 Å². The molecule has 1 aliphatic heterocycles. The molecule has 0 spiro atoms. The molecule has 0 saturated carbocycles. The maximum absolute atomic E-state index is 11.8. The molecule has 1 aromatic carbocycles. The van der Waals surface area contributed by atoms with Crippen LogP contribution in [-0.4, -0.2) is 24.2 Å². The first-order valence-corrected chi connectivity index (χ1v) is 7.52. The lowest BCUT2D eigenvalue weighted by Gasteiger charge is -2.32. The Morgan fingerprint density at radius 3 is 2.27 bits per heavy atom. The molecule has 1 N–H and O–H groups in total. The highest BCUT2D eigenvalue weighted by atomic mass is 16.7. The van der Waals surface area contributed by atoms with Gasteiger partial charge in [0, 0.05) is 11.8 Å². The molecule has 1 aromatic rings. The van der Waals surface area contributed by atoms with Gasteiger partial charge in [-0.05, 0) is 59.1 Å². The highest BCUT2D eigenvalue weighted by Crippen LogP contribution is 2.36. The van der Waals surface area contributed by atoms with Gasteiger partial charge < -0.3 is 14.6 Å². The molecule has 0 aliphatic carbocycles. The van der Waals surface area contributed by atoms with Crippen LogP contribution < -0.4 is 10.8 Å². The van der Waals surface area contributed by atoms with Gasteiger partial charge in [0.15, 0.2) is 0 Å². The fourth-order valence-electron chi connectivity index (χ4n) is 2.18. The van der Waals surface area contributed by atoms with E-state index >= 15 is 0 Å². The van der Waals surface area contributed by atoms with Crippen molar-refractivity contribution in [2.75, 3.05) is 5.32 Å². The van der Waals surface area contributed by atoms with Gasteiger partial charge in [-0.1, -0.05) is 17.7 Å². The number of carbonyl (C=O) groups excluding carboxylic acids is 1. The summed E-state index contributed by atoms with van der Waals surface area (Å²) < 4.78 is 12.1. The molecule has 4 nitrogen and oxygen atoms in total. The Labute approximate surface area is 133 Å². The summed E-state index contributed by atoms with van der Waals surface area (Å²) in [6.07, 6.45) is 1.57. The Kier molecular flexibility index (Phi) is 4.50. The van der Waals surface area contributed by atoms with Gasteiger partial charge in [-0.3, -0.25) is 4.79 Å². The van der Waals surface area contributed by atoms with Gasteiger partial charge in [-0.15, -0.1) is 0 Å². The van der Waals surface area contributed by atoms with Crippen molar-refractivity contribution < 1.29 is 14.1 Å². The summed E-state index contributed by atoms with van der Waals surface area (Å²) >= 11 is 0. The fourth-order valence-corrected chi connectivity index (χ4v) is 2.18. The summed E-state index contributed by atoms with van der Waals surface area (Å²) in [4.78, 5) is 11.8. The van der Waals surface area contributed by atoms with Gasteiger partial charge in [-0.2, -0.15) is 0 Å². The predicted octanol–water partition coefficient (Wildman–Crippen LogP) is 2.89. The maximum Gasteiger partial charge on any atom is 0.494 e. The van der Waals surface area contributed by atoms with Crippen LogP contribution in [0.3, 0.4) is 0 Å². The second-order valence-corrected chi connectivity index (χ2v) is 6.92. The monoisotopic (exact) mass is 301 g/mol. The van der Waals surface area contributed by atoms with Gasteiger partial charge in [0.05, 0.1) is 11.2 Å². The smallest absolute Gasteiger partial charge is 0.399 e. The third kappa shape index (κ3) is 3.59. The van der Waals surface area contributed by atoms with Crippen LogP contribution in [-0.2, 0) is 14.1 Å². The average Bonchev–Trinajstić information content (AvgIpc) is 2.57. The van der Waals surface area contributed by atoms with E-state index < -0.39 is 7.12 Å². The first-order valence-electron chi connectivity index (χ1n) is 7.52. The molecule has 0 bridgehead atoms. The molecule has 5 heteroatoms. The normalized spacial score (nSPS) is 18.9. The zero-order valence-electron chi connectivity index (χ0n) is 14.2. The van der Waals surface area contributed by atoms with Gasteiger partial charge >= 0.3 is 7.12 Å². The molecule has 1 heterocycles. The number of rotatable bonds is 3. The van der Waals surface area contributed by atoms with Crippen LogP contribution in [0.25, 0.3) is 0 Å². The molecule has 2 rings (SSSR count). The van der Waals surface area contributed by atoms with Crippen LogP contribution in [0.4, 0.5) is 5.69 Å². The van der Waals surface area contributed by atoms with Crippen molar-refractivity contribution in [1.82, 2.24) is 0 Å². The van der Waals surface area contributed by atoms with Gasteiger partial charge in [-0.25, -0.2) is 0 Å². The van der Waals surface area contributed by atoms with Crippen molar-refractivity contribution in [2.45, 2.75) is 52.7 Å². The second kappa shape index (κ2) is 5.90. The van der Waals surface area contributed by atoms with Crippen molar-refractivity contribution in [1.29, 1.82) is 0 Å². The fraction of sp³-hybridized carbons (Fsp3) is 0.471. The zero-order chi connectivity index (χ0) is 16.5. The van der Waals surface area contributed by atoms with E-state index in [1.807, 2.05) is 65.8 Å². The molecule has 0 unspecified atom stereocenters. The summed E-state index contributed by atoms with van der Waals surface area (Å²) in [5.41, 5.74) is 1.83. The summed E-state index contributed by atoms with van der Waals surface area (Å²) in [5, 5.41) is 2.85. The van der Waals surface area contributed by atoms with Crippen LogP contribution in [0.5, 0.6) is 0 Å². The van der Waals surface area contributed by atoms with Gasteiger partial charge in [0.25, 0.3) is 0 Å². The number of hydrogen-bond donors (Lipinski definition) is 1. The third-order valence-electron chi connectivity index (χ3n) is 4.10. The van der Waals surface area contributed by atoms with E-state index in [-0.39, 0.29) is 17.1 Å². The van der Waals surface area contributed by atoms with Crippen LogP contribution >= 0.6 is 0 Å². The number of nitrogens with one attached hydrogen (secondary N) is 1. The molecule has 118 valence electrons. The molecule has 0 aromatic heterocycles. The first-order chi connectivity index (χ1) is 10.1. The first kappa shape index (κ1) is 16.8. The molecule has 1 amide bonds. The third-order valence-corrected chi connectivity index (χ3v) is 4.10. The Hall–Kier alpha value is -1.59. The lowest BCUT2D eigenvalue weighted by Crippen LogP contribution is -2.41. The van der Waals surface area contributed by atoms with Crippen LogP contribution in [0.15, 0.2) is 35.9 Å². The van der Waals surface area contributed by atoms with Crippen LogP contribution in [0.2, 0.25) is 0 Å². The Morgan fingerprint density at radius 1 is 1.14 bits per heavy atom. The number of allylic oxidation sites excluding steroid dienone is 1. The lowest BCUT2D eigenvalue weighted by molar-refractivity contribution is -0.111. The molecule has 22 heavy (non-hydrogen) atoms. The minimum atomic E-state index is -0.426. The standard InChI is InChI=1S/C17H24BNO3/c1-12(2)10-15(20)19-14-9-7-8-13(11-14)18-21-16(3,4)17(5,6)22-18/h7-11H,1-6H3,(H,19,20). The molecule has 1 saturated heterocycles. The molecule has 0 atom stereocenters. The highest BCUT2D eigenvalue weighted by Gasteiger charge is 2.51. The molecule has 1 aliphatic rings. The summed E-state index contributed by atoms with van der Waals surface area (Å²) in [5.74, 6) is -0.133. The van der Waals surface area contributed by atoms with Crippen molar-refractivity contribution in [2.24, 2.45) is 0 Å². The highest BCUT2D eigenvalue weighted by molar-refractivity contribution is 6.62. The Balaban J connectivity index is 2.16. The van der Waals surface area contributed by atoms with Crippen molar-refractivity contribution >= 4 is 24.2 Å². The predicted molar refractivity (Wildman–Crippen MR) is 90.2 cm³/mol. The van der Waals surface area contributed by atoms with Crippen molar-refractivity contribution in [3.05, 3.63) is 35.9 Å². The quantitative estimate of drug-likeness (QED) is 0.690. The second-order valence-electron chi connectivity index (χ2n) is 6.92. The van der Waals surface area contributed by atoms with E-state index in [0.717, 1.165) is 16.7 Å². The number of amides is 1. The number of hydrogen-bond acceptors (Lipinski definition) is 3. The lowest BCUT2D eigenvalue weighted by atomic mass is 9.79. The molecule has 1 fully saturated rings. The minimum Gasteiger partial charge on any atom is -0.399 e. The van der Waals surface area contributed by atoms with E-state index in [9.17, 15) is 4.79 Å². The Morgan fingerprint density at radius 2 is 1.73 bits per heavy atom. The number of benzene rings is 1. The minimum absolute atomic E-state index is 0.133. The topological polar surface area (TPSA) is 47.6 Å². The number of carbonyl (C=O) groups is 1. The zero-order valence-corrected chi connectivity index (χ0v) is 14.2. The largest absolute Gasteiger partial charge is 0.494 e. The molecular formula is C17H24BNO3. The van der Waals surface area contributed by atoms with Crippen molar-refractivity contribution in [3.8, 4) is 0 Å². The van der Waals surface area contributed by atoms with E-state index in [4.69, 9.17) is 9.31 Å². The summed E-state index contributed by atoms with van der Waals surface area (Å²) in [7, 11) is -0.426. The van der Waals surface area contributed by atoms with Gasteiger partial charge in [0.2, 0.25) is 5.91 Å². The maximum atomic E-state index is 11.8. The van der Waals surface area contributed by atoms with E-state index in [2.05, 4.69) is 5.32 Å². The molecular weight excluding hydrogens is 277 g/mol. The molecule has 0 radical (unpaired) electrons. The van der Waals surface area contributed by atoms with E-state index in [1.54, 1.807) is 6.08 Å². The van der Waals surface area contributed by atoms with E-state index in [1.165, 1.54) is 0 Å². The summed E-state index contributed by atoms with van der Waals surface area (Å²) in [6, 6.07) is 7.57. The summed E-state index contributed by atoms with van der Waals surface area (Å²) in [6.45, 7) is 11.9. The van der Waals surface area contributed by atoms with Crippen LogP contribution in [0, 0.1) is 0 Å². The average molecular weight is 301 g/mol. The number of anilines is 1. The van der Waals surface area contributed by atoms with Crippen LogP contribution in [0.1, 0.15) is 41.5 Å². The van der Waals surface area contributed by atoms with Gasteiger partial charge in [0.1, 0.15) is 0 Å². The SMILES string of the molecule is CC(C)=CC(=O)Nc1cccc(B2OC(C)(C)C(C)(C)O2)c1. The van der Waals surface area contributed by atoms with E-state index in [0.29, 0.717) is 0 Å².